The maximum atomic E-state index is 13.3. The predicted molar refractivity (Wildman–Crippen MR) is 102 cm³/mol. The zero-order valence-electron chi connectivity index (χ0n) is 16.3. The lowest BCUT2D eigenvalue weighted by atomic mass is 9.79. The molecular weight excluding hydrogens is 358 g/mol. The van der Waals surface area contributed by atoms with E-state index in [0.717, 1.165) is 24.9 Å². The molecule has 2 amide bonds. The van der Waals surface area contributed by atoms with Crippen LogP contribution in [0.3, 0.4) is 0 Å². The molecule has 1 spiro atoms. The number of carbonyl (C=O) groups excluding carboxylic acids is 2. The van der Waals surface area contributed by atoms with Crippen molar-refractivity contribution < 1.29 is 19.9 Å². The second-order valence-electron chi connectivity index (χ2n) is 8.87. The van der Waals surface area contributed by atoms with Crippen molar-refractivity contribution in [2.24, 2.45) is 11.3 Å². The smallest absolute Gasteiger partial charge is 0.248 e. The van der Waals surface area contributed by atoms with E-state index in [9.17, 15) is 19.9 Å². The largest absolute Gasteiger partial charge is 0.385 e. The van der Waals surface area contributed by atoms with Crippen molar-refractivity contribution in [1.82, 2.24) is 15.3 Å². The first-order chi connectivity index (χ1) is 13.4. The van der Waals surface area contributed by atoms with Crippen LogP contribution in [0, 0.1) is 11.3 Å². The molecule has 1 aromatic rings. The predicted octanol–water partition coefficient (Wildman–Crippen LogP) is 1.10. The van der Waals surface area contributed by atoms with Crippen LogP contribution in [-0.2, 0) is 15.2 Å². The van der Waals surface area contributed by atoms with Gasteiger partial charge in [-0.25, -0.2) is 5.48 Å². The molecule has 3 N–H and O–H groups in total. The fourth-order valence-electron chi connectivity index (χ4n) is 5.12. The molecule has 1 saturated carbocycles. The Morgan fingerprint density at radius 3 is 2.32 bits per heavy atom. The highest BCUT2D eigenvalue weighted by molar-refractivity contribution is 5.90. The Labute approximate surface area is 165 Å². The minimum atomic E-state index is -0.920. The van der Waals surface area contributed by atoms with E-state index < -0.39 is 23.5 Å². The highest BCUT2D eigenvalue weighted by atomic mass is 16.5. The van der Waals surface area contributed by atoms with Gasteiger partial charge in [-0.3, -0.25) is 19.7 Å². The van der Waals surface area contributed by atoms with E-state index in [1.54, 1.807) is 10.4 Å². The molecule has 152 valence electrons. The van der Waals surface area contributed by atoms with E-state index in [-0.39, 0.29) is 11.3 Å². The molecule has 0 unspecified atom stereocenters. The van der Waals surface area contributed by atoms with Gasteiger partial charge in [-0.1, -0.05) is 30.3 Å². The fraction of sp³-hybridized carbons (Fsp3) is 0.619. The van der Waals surface area contributed by atoms with Crippen molar-refractivity contribution in [1.29, 1.82) is 0 Å². The average Bonchev–Trinajstić information content (AvgIpc) is 3.46. The molecule has 0 aromatic heterocycles. The van der Waals surface area contributed by atoms with Crippen LogP contribution >= 0.6 is 0 Å². The number of likely N-dealkylation sites (tertiary alicyclic amines) is 2. The Balaban J connectivity index is 1.47. The molecule has 2 aliphatic heterocycles. The highest BCUT2D eigenvalue weighted by Gasteiger charge is 2.55. The van der Waals surface area contributed by atoms with Gasteiger partial charge in [0.2, 0.25) is 11.8 Å². The summed E-state index contributed by atoms with van der Waals surface area (Å²) in [5, 5.41) is 20.2. The van der Waals surface area contributed by atoms with E-state index in [1.807, 2.05) is 42.3 Å². The standard InChI is InChI=1S/C21H29N3O4/c1-23-14-20(7-8-20)13-16(18(25)22-28)17(23)19(26)24-11-9-21(27,10-12-24)15-5-3-2-4-6-15/h2-6,16-17,27-28H,7-14H2,1H3,(H,22,25)/t16-,17-/m0/s1. The molecular formula is C21H29N3O4. The van der Waals surface area contributed by atoms with Gasteiger partial charge >= 0.3 is 0 Å². The summed E-state index contributed by atoms with van der Waals surface area (Å²) in [6, 6.07) is 9.01. The fourth-order valence-corrected chi connectivity index (χ4v) is 5.12. The van der Waals surface area contributed by atoms with Crippen LogP contribution in [-0.4, -0.2) is 64.7 Å². The number of carbonyl (C=O) groups is 2. The Bertz CT molecular complexity index is 741. The zero-order chi connectivity index (χ0) is 19.9. The van der Waals surface area contributed by atoms with Crippen LogP contribution < -0.4 is 5.48 Å². The van der Waals surface area contributed by atoms with Gasteiger partial charge in [0.05, 0.1) is 11.5 Å². The third-order valence-corrected chi connectivity index (χ3v) is 6.96. The summed E-state index contributed by atoms with van der Waals surface area (Å²) in [7, 11) is 1.89. The lowest BCUT2D eigenvalue weighted by molar-refractivity contribution is -0.153. The molecule has 2 heterocycles. The number of hydrogen-bond acceptors (Lipinski definition) is 5. The topological polar surface area (TPSA) is 93.1 Å². The summed E-state index contributed by atoms with van der Waals surface area (Å²) in [4.78, 5) is 29.4. The number of piperidine rings is 2. The Morgan fingerprint density at radius 1 is 1.11 bits per heavy atom. The molecule has 3 aliphatic rings. The number of benzene rings is 1. The van der Waals surface area contributed by atoms with Gasteiger partial charge in [0.15, 0.2) is 0 Å². The number of likely N-dealkylation sites (N-methyl/N-ethyl adjacent to an activating group) is 1. The quantitative estimate of drug-likeness (QED) is 0.534. The third kappa shape index (κ3) is 3.43. The van der Waals surface area contributed by atoms with Crippen LogP contribution in [0.2, 0.25) is 0 Å². The van der Waals surface area contributed by atoms with E-state index >= 15 is 0 Å². The zero-order valence-corrected chi connectivity index (χ0v) is 16.3. The molecule has 0 bridgehead atoms. The first-order valence-electron chi connectivity index (χ1n) is 10.1. The van der Waals surface area contributed by atoms with Gasteiger partial charge in [0, 0.05) is 19.6 Å². The van der Waals surface area contributed by atoms with Crippen molar-refractivity contribution in [2.75, 3.05) is 26.7 Å². The number of amides is 2. The monoisotopic (exact) mass is 387 g/mol. The van der Waals surface area contributed by atoms with Crippen LogP contribution in [0.15, 0.2) is 30.3 Å². The number of rotatable bonds is 3. The number of aliphatic hydroxyl groups is 1. The van der Waals surface area contributed by atoms with Crippen molar-refractivity contribution in [3.63, 3.8) is 0 Å². The molecule has 1 aromatic carbocycles. The lowest BCUT2D eigenvalue weighted by Crippen LogP contribution is -2.60. The molecule has 28 heavy (non-hydrogen) atoms. The van der Waals surface area contributed by atoms with Crippen molar-refractivity contribution >= 4 is 11.8 Å². The first kappa shape index (κ1) is 19.4. The minimum Gasteiger partial charge on any atom is -0.385 e. The molecule has 0 radical (unpaired) electrons. The molecule has 1 aliphatic carbocycles. The summed E-state index contributed by atoms with van der Waals surface area (Å²) in [6.45, 7) is 1.71. The van der Waals surface area contributed by atoms with E-state index in [0.29, 0.717) is 32.4 Å². The molecule has 4 rings (SSSR count). The van der Waals surface area contributed by atoms with Crippen molar-refractivity contribution in [3.8, 4) is 0 Å². The minimum absolute atomic E-state index is 0.0817. The lowest BCUT2D eigenvalue weighted by Gasteiger charge is -2.45. The van der Waals surface area contributed by atoms with Gasteiger partial charge in [-0.15, -0.1) is 0 Å². The second-order valence-corrected chi connectivity index (χ2v) is 8.87. The van der Waals surface area contributed by atoms with Gasteiger partial charge in [-0.2, -0.15) is 0 Å². The van der Waals surface area contributed by atoms with Gasteiger partial charge < -0.3 is 10.0 Å². The molecule has 2 saturated heterocycles. The normalized spacial score (nSPS) is 28.8. The van der Waals surface area contributed by atoms with E-state index in [4.69, 9.17) is 0 Å². The van der Waals surface area contributed by atoms with Crippen LogP contribution in [0.25, 0.3) is 0 Å². The first-order valence-corrected chi connectivity index (χ1v) is 10.1. The molecule has 7 heteroatoms. The maximum absolute atomic E-state index is 13.3. The summed E-state index contributed by atoms with van der Waals surface area (Å²) in [5.74, 6) is -1.11. The van der Waals surface area contributed by atoms with Gasteiger partial charge in [0.25, 0.3) is 0 Å². The van der Waals surface area contributed by atoms with Crippen LogP contribution in [0.5, 0.6) is 0 Å². The van der Waals surface area contributed by atoms with Crippen molar-refractivity contribution in [2.45, 2.75) is 43.7 Å². The number of hydroxylamine groups is 1. The SMILES string of the molecule is CN1CC2(CC2)C[C@H](C(=O)NO)[C@H]1C(=O)N1CCC(O)(c2ccccc2)CC1. The number of hydrogen-bond donors (Lipinski definition) is 3. The van der Waals surface area contributed by atoms with Crippen LogP contribution in [0.4, 0.5) is 0 Å². The van der Waals surface area contributed by atoms with Crippen molar-refractivity contribution in [3.05, 3.63) is 35.9 Å². The average molecular weight is 387 g/mol. The highest BCUT2D eigenvalue weighted by Crippen LogP contribution is 2.54. The third-order valence-electron chi connectivity index (χ3n) is 6.96. The molecule has 2 atom stereocenters. The maximum Gasteiger partial charge on any atom is 0.248 e. The van der Waals surface area contributed by atoms with E-state index in [2.05, 4.69) is 0 Å². The summed E-state index contributed by atoms with van der Waals surface area (Å²) in [5.41, 5.74) is 1.85. The Kier molecular flexibility index (Phi) is 4.93. The summed E-state index contributed by atoms with van der Waals surface area (Å²) >= 11 is 0. The van der Waals surface area contributed by atoms with E-state index in [1.165, 1.54) is 0 Å². The summed E-state index contributed by atoms with van der Waals surface area (Å²) < 4.78 is 0. The van der Waals surface area contributed by atoms with Gasteiger partial charge in [-0.05, 0) is 50.1 Å². The second kappa shape index (κ2) is 7.13. The molecule has 3 fully saturated rings. The van der Waals surface area contributed by atoms with Crippen LogP contribution in [0.1, 0.15) is 37.7 Å². The summed E-state index contributed by atoms with van der Waals surface area (Å²) in [6.07, 6.45) is 3.73. The molecule has 7 nitrogen and oxygen atoms in total. The van der Waals surface area contributed by atoms with Gasteiger partial charge in [0.1, 0.15) is 6.04 Å². The number of nitrogens with zero attached hydrogens (tertiary/aromatic N) is 2. The number of nitrogens with one attached hydrogen (secondary N) is 1. The Hall–Kier alpha value is -1.96. The Morgan fingerprint density at radius 2 is 1.75 bits per heavy atom.